The van der Waals surface area contributed by atoms with Gasteiger partial charge in [-0.05, 0) is 13.0 Å². The molecule has 15 heavy (non-hydrogen) atoms. The number of benzene rings is 1. The van der Waals surface area contributed by atoms with Crippen LogP contribution < -0.4 is 5.32 Å². The molecule has 0 aromatic heterocycles. The summed E-state index contributed by atoms with van der Waals surface area (Å²) in [5.41, 5.74) is 0.256. The molecule has 0 bridgehead atoms. The predicted molar refractivity (Wildman–Crippen MR) is 53.7 cm³/mol. The van der Waals surface area contributed by atoms with E-state index < -0.39 is 11.0 Å². The highest BCUT2D eigenvalue weighted by atomic mass is 16.6. The van der Waals surface area contributed by atoms with E-state index in [0.717, 1.165) is 0 Å². The number of nitrogens with zero attached hydrogens (tertiary/aromatic N) is 1. The Balaban J connectivity index is 2.73. The Morgan fingerprint density at radius 1 is 1.60 bits per heavy atom. The fraction of sp³-hybridized carbons (Fsp3) is 0.222. The number of carbonyl (C=O) groups excluding carboxylic acids is 1. The van der Waals surface area contributed by atoms with Gasteiger partial charge in [0, 0.05) is 12.1 Å². The Labute approximate surface area is 86.0 Å². The van der Waals surface area contributed by atoms with Gasteiger partial charge < -0.3 is 4.74 Å². The van der Waals surface area contributed by atoms with Crippen LogP contribution in [0, 0.1) is 10.1 Å². The molecule has 0 unspecified atom stereocenters. The van der Waals surface area contributed by atoms with Gasteiger partial charge in [-0.25, -0.2) is 4.79 Å². The Kier molecular flexibility index (Phi) is 3.61. The lowest BCUT2D eigenvalue weighted by Gasteiger charge is -2.04. The number of nitro groups is 1. The van der Waals surface area contributed by atoms with Crippen molar-refractivity contribution in [3.05, 3.63) is 34.4 Å². The van der Waals surface area contributed by atoms with E-state index >= 15 is 0 Å². The van der Waals surface area contributed by atoms with E-state index in [2.05, 4.69) is 10.1 Å². The topological polar surface area (TPSA) is 81.5 Å². The molecule has 1 N–H and O–H groups in total. The minimum Gasteiger partial charge on any atom is -0.450 e. The Morgan fingerprint density at radius 3 is 2.93 bits per heavy atom. The molecule has 1 rings (SSSR count). The third-order valence-corrected chi connectivity index (χ3v) is 1.58. The van der Waals surface area contributed by atoms with Crippen LogP contribution in [0.15, 0.2) is 24.3 Å². The molecule has 0 saturated heterocycles. The average Bonchev–Trinajstić information content (AvgIpc) is 2.18. The number of hydrogen-bond donors (Lipinski definition) is 1. The minimum atomic E-state index is -0.627. The molecule has 6 heteroatoms. The van der Waals surface area contributed by atoms with Crippen molar-refractivity contribution >= 4 is 17.5 Å². The first-order valence-electron chi connectivity index (χ1n) is 4.31. The maximum absolute atomic E-state index is 11.0. The van der Waals surface area contributed by atoms with Crippen LogP contribution in [0.4, 0.5) is 16.2 Å². The van der Waals surface area contributed by atoms with E-state index in [1.165, 1.54) is 18.2 Å². The Hall–Kier alpha value is -2.11. The van der Waals surface area contributed by atoms with Crippen LogP contribution in [0.3, 0.4) is 0 Å². The number of rotatable bonds is 3. The number of hydrogen-bond acceptors (Lipinski definition) is 4. The first-order chi connectivity index (χ1) is 7.13. The summed E-state index contributed by atoms with van der Waals surface area (Å²) in [4.78, 5) is 20.9. The van der Waals surface area contributed by atoms with Gasteiger partial charge in [0.15, 0.2) is 0 Å². The fourth-order valence-electron chi connectivity index (χ4n) is 0.982. The highest BCUT2D eigenvalue weighted by molar-refractivity contribution is 5.84. The molecule has 0 aliphatic carbocycles. The number of non-ortho nitro benzene ring substituents is 1. The van der Waals surface area contributed by atoms with Crippen molar-refractivity contribution in [1.82, 2.24) is 0 Å². The Morgan fingerprint density at radius 2 is 2.33 bits per heavy atom. The quantitative estimate of drug-likeness (QED) is 0.612. The van der Waals surface area contributed by atoms with Gasteiger partial charge in [0.25, 0.3) is 5.69 Å². The molecule has 1 aromatic rings. The molecule has 0 spiro atoms. The summed E-state index contributed by atoms with van der Waals surface area (Å²) in [5.74, 6) is 0. The van der Waals surface area contributed by atoms with Gasteiger partial charge in [0.05, 0.1) is 17.2 Å². The van der Waals surface area contributed by atoms with Crippen molar-refractivity contribution in [1.29, 1.82) is 0 Å². The summed E-state index contributed by atoms with van der Waals surface area (Å²) in [6.07, 6.45) is -0.627. The van der Waals surface area contributed by atoms with Gasteiger partial charge in [0.1, 0.15) is 0 Å². The lowest BCUT2D eigenvalue weighted by Crippen LogP contribution is -2.13. The van der Waals surface area contributed by atoms with Crippen LogP contribution in [0.2, 0.25) is 0 Å². The molecule has 0 aliphatic heterocycles. The van der Waals surface area contributed by atoms with Crippen molar-refractivity contribution in [3.8, 4) is 0 Å². The van der Waals surface area contributed by atoms with E-state index in [0.29, 0.717) is 5.69 Å². The van der Waals surface area contributed by atoms with Gasteiger partial charge in [-0.15, -0.1) is 0 Å². The summed E-state index contributed by atoms with van der Waals surface area (Å²) in [6.45, 7) is 1.92. The van der Waals surface area contributed by atoms with E-state index in [-0.39, 0.29) is 12.3 Å². The number of ether oxygens (including phenoxy) is 1. The third-order valence-electron chi connectivity index (χ3n) is 1.58. The molecular formula is C9H10N2O4. The van der Waals surface area contributed by atoms with Crippen LogP contribution in [-0.4, -0.2) is 17.6 Å². The molecule has 0 saturated carbocycles. The molecule has 0 atom stereocenters. The maximum Gasteiger partial charge on any atom is 0.411 e. The van der Waals surface area contributed by atoms with E-state index in [1.54, 1.807) is 13.0 Å². The van der Waals surface area contributed by atoms with Crippen molar-refractivity contribution < 1.29 is 14.5 Å². The van der Waals surface area contributed by atoms with Crippen LogP contribution >= 0.6 is 0 Å². The van der Waals surface area contributed by atoms with Crippen molar-refractivity contribution in [2.75, 3.05) is 11.9 Å². The predicted octanol–water partition coefficient (Wildman–Crippen LogP) is 2.16. The maximum atomic E-state index is 11.0. The highest BCUT2D eigenvalue weighted by Gasteiger charge is 2.07. The molecule has 6 nitrogen and oxygen atoms in total. The summed E-state index contributed by atoms with van der Waals surface area (Å²) in [6, 6.07) is 5.64. The minimum absolute atomic E-state index is 0.0794. The van der Waals surface area contributed by atoms with E-state index in [1.807, 2.05) is 0 Å². The number of anilines is 1. The number of amides is 1. The number of nitrogens with one attached hydrogen (secondary N) is 1. The first-order valence-corrected chi connectivity index (χ1v) is 4.31. The van der Waals surface area contributed by atoms with Crippen molar-refractivity contribution in [3.63, 3.8) is 0 Å². The molecule has 80 valence electrons. The first kappa shape index (κ1) is 11.0. The fourth-order valence-corrected chi connectivity index (χ4v) is 0.982. The molecule has 1 aromatic carbocycles. The zero-order valence-electron chi connectivity index (χ0n) is 8.10. The summed E-state index contributed by atoms with van der Waals surface area (Å²) in [7, 11) is 0. The second kappa shape index (κ2) is 4.94. The molecule has 0 radical (unpaired) electrons. The van der Waals surface area contributed by atoms with Crippen molar-refractivity contribution in [2.24, 2.45) is 0 Å². The van der Waals surface area contributed by atoms with E-state index in [9.17, 15) is 14.9 Å². The molecule has 0 aliphatic rings. The van der Waals surface area contributed by atoms with E-state index in [4.69, 9.17) is 0 Å². The Bertz CT molecular complexity index is 378. The SMILES string of the molecule is CCOC(=O)Nc1cccc([N+](=O)[O-])c1. The van der Waals surface area contributed by atoms with Gasteiger partial charge in [0.2, 0.25) is 0 Å². The van der Waals surface area contributed by atoms with Crippen LogP contribution in [0.1, 0.15) is 6.92 Å². The smallest absolute Gasteiger partial charge is 0.411 e. The average molecular weight is 210 g/mol. The van der Waals surface area contributed by atoms with Crippen LogP contribution in [0.25, 0.3) is 0 Å². The number of nitro benzene ring substituents is 1. The molecule has 0 fully saturated rings. The monoisotopic (exact) mass is 210 g/mol. The summed E-state index contributed by atoms with van der Waals surface area (Å²) in [5, 5.41) is 12.8. The van der Waals surface area contributed by atoms with Gasteiger partial charge in [-0.1, -0.05) is 6.07 Å². The zero-order valence-corrected chi connectivity index (χ0v) is 8.10. The van der Waals surface area contributed by atoms with Gasteiger partial charge in [-0.3, -0.25) is 15.4 Å². The van der Waals surface area contributed by atoms with Crippen LogP contribution in [-0.2, 0) is 4.74 Å². The highest BCUT2D eigenvalue weighted by Crippen LogP contribution is 2.16. The van der Waals surface area contributed by atoms with Crippen LogP contribution in [0.5, 0.6) is 0 Å². The normalized spacial score (nSPS) is 9.40. The zero-order chi connectivity index (χ0) is 11.3. The molecule has 1 amide bonds. The molecular weight excluding hydrogens is 200 g/mol. The largest absolute Gasteiger partial charge is 0.450 e. The summed E-state index contributed by atoms with van der Waals surface area (Å²) >= 11 is 0. The van der Waals surface area contributed by atoms with Gasteiger partial charge in [-0.2, -0.15) is 0 Å². The second-order valence-electron chi connectivity index (χ2n) is 2.65. The standard InChI is InChI=1S/C9H10N2O4/c1-2-15-9(12)10-7-4-3-5-8(6-7)11(13)14/h3-6H,2H2,1H3,(H,10,12). The lowest BCUT2D eigenvalue weighted by atomic mass is 10.3. The van der Waals surface area contributed by atoms with Gasteiger partial charge >= 0.3 is 6.09 Å². The number of carbonyl (C=O) groups is 1. The summed E-state index contributed by atoms with van der Waals surface area (Å²) < 4.78 is 4.63. The van der Waals surface area contributed by atoms with Crippen molar-refractivity contribution in [2.45, 2.75) is 6.92 Å². The second-order valence-corrected chi connectivity index (χ2v) is 2.65. The lowest BCUT2D eigenvalue weighted by molar-refractivity contribution is -0.384. The molecule has 0 heterocycles. The third kappa shape index (κ3) is 3.26.